The third-order valence-corrected chi connectivity index (χ3v) is 5.83. The number of ether oxygens (including phenoxy) is 2. The molecular formula is C25H27N3O4. The summed E-state index contributed by atoms with van der Waals surface area (Å²) in [7, 11) is 3.14. The van der Waals surface area contributed by atoms with E-state index in [0.717, 1.165) is 23.2 Å². The summed E-state index contributed by atoms with van der Waals surface area (Å²) in [6.07, 6.45) is 2.41. The van der Waals surface area contributed by atoms with E-state index in [1.165, 1.54) is 0 Å². The fourth-order valence-corrected chi connectivity index (χ4v) is 4.21. The zero-order valence-corrected chi connectivity index (χ0v) is 18.3. The summed E-state index contributed by atoms with van der Waals surface area (Å²) in [4.78, 5) is 29.9. The maximum atomic E-state index is 13.5. The van der Waals surface area contributed by atoms with Crippen molar-refractivity contribution in [2.24, 2.45) is 0 Å². The molecule has 166 valence electrons. The minimum Gasteiger partial charge on any atom is -0.497 e. The number of amides is 3. The maximum Gasteiger partial charge on any atom is 0.322 e. The van der Waals surface area contributed by atoms with Crippen molar-refractivity contribution < 1.29 is 19.1 Å². The van der Waals surface area contributed by atoms with Crippen molar-refractivity contribution in [1.82, 2.24) is 15.1 Å². The Kier molecular flexibility index (Phi) is 6.16. The van der Waals surface area contributed by atoms with Crippen LogP contribution in [0.3, 0.4) is 0 Å². The Morgan fingerprint density at radius 3 is 2.41 bits per heavy atom. The van der Waals surface area contributed by atoms with Crippen LogP contribution in [0.1, 0.15) is 17.2 Å². The Bertz CT molecular complexity index is 1040. The van der Waals surface area contributed by atoms with E-state index in [-0.39, 0.29) is 11.9 Å². The Morgan fingerprint density at radius 2 is 1.78 bits per heavy atom. The quantitative estimate of drug-likeness (QED) is 0.649. The van der Waals surface area contributed by atoms with Gasteiger partial charge in [0.05, 0.1) is 38.1 Å². The average Bonchev–Trinajstić information content (AvgIpc) is 3.15. The summed E-state index contributed by atoms with van der Waals surface area (Å²) >= 11 is 0. The first-order chi connectivity index (χ1) is 15.5. The topological polar surface area (TPSA) is 71.1 Å². The van der Waals surface area contributed by atoms with E-state index >= 15 is 0 Å². The second-order valence-electron chi connectivity index (χ2n) is 7.75. The molecule has 0 fully saturated rings. The molecule has 0 spiro atoms. The molecule has 0 saturated heterocycles. The summed E-state index contributed by atoms with van der Waals surface area (Å²) in [6.45, 7) is 5.05. The number of carbonyl (C=O) groups excluding carboxylic acids is 2. The molecule has 2 heterocycles. The standard InChI is InChI=1S/C25H27N3O4/c1-4-11-28-21-16-27(12-10-17-8-6-5-7-9-17)24(29)22(21)23(26-25(28)30)18-13-19(31-2)15-20(14-18)32-3/h4-9,13-15,23H,1,10-12,16H2,2-3H3,(H,26,30)/t23-/m1/s1. The van der Waals surface area contributed by atoms with Crippen LogP contribution in [0.2, 0.25) is 0 Å². The first-order valence-electron chi connectivity index (χ1n) is 10.5. The predicted octanol–water partition coefficient (Wildman–Crippen LogP) is 3.30. The van der Waals surface area contributed by atoms with E-state index in [9.17, 15) is 9.59 Å². The second-order valence-corrected chi connectivity index (χ2v) is 7.75. The maximum absolute atomic E-state index is 13.5. The number of nitrogens with one attached hydrogen (secondary N) is 1. The summed E-state index contributed by atoms with van der Waals surface area (Å²) in [5.74, 6) is 1.11. The number of methoxy groups -OCH3 is 2. The third kappa shape index (κ3) is 4.06. The Morgan fingerprint density at radius 1 is 1.09 bits per heavy atom. The van der Waals surface area contributed by atoms with Crippen molar-refractivity contribution in [1.29, 1.82) is 0 Å². The van der Waals surface area contributed by atoms with Gasteiger partial charge in [0.1, 0.15) is 11.5 Å². The van der Waals surface area contributed by atoms with Gasteiger partial charge in [0.15, 0.2) is 0 Å². The van der Waals surface area contributed by atoms with Crippen molar-refractivity contribution in [3.63, 3.8) is 0 Å². The molecule has 0 aliphatic carbocycles. The van der Waals surface area contributed by atoms with E-state index in [1.54, 1.807) is 36.2 Å². The van der Waals surface area contributed by atoms with Crippen molar-refractivity contribution in [2.45, 2.75) is 12.5 Å². The SMILES string of the molecule is C=CCN1C(=O)N[C@H](c2cc(OC)cc(OC)c2)C2=C1CN(CCc1ccccc1)C2=O. The highest BCUT2D eigenvalue weighted by molar-refractivity contribution is 6.01. The molecule has 2 aromatic rings. The molecule has 1 atom stereocenters. The lowest BCUT2D eigenvalue weighted by molar-refractivity contribution is -0.125. The molecule has 2 aliphatic rings. The number of rotatable bonds is 8. The average molecular weight is 434 g/mol. The van der Waals surface area contributed by atoms with Gasteiger partial charge in [-0.05, 0) is 29.7 Å². The van der Waals surface area contributed by atoms with E-state index in [4.69, 9.17) is 9.47 Å². The lowest BCUT2D eigenvalue weighted by atomic mass is 9.95. The van der Waals surface area contributed by atoms with Crippen LogP contribution in [0, 0.1) is 0 Å². The van der Waals surface area contributed by atoms with Gasteiger partial charge in [-0.15, -0.1) is 6.58 Å². The van der Waals surface area contributed by atoms with E-state index in [2.05, 4.69) is 11.9 Å². The first-order valence-corrected chi connectivity index (χ1v) is 10.5. The van der Waals surface area contributed by atoms with Gasteiger partial charge < -0.3 is 19.7 Å². The molecule has 0 bridgehead atoms. The monoisotopic (exact) mass is 433 g/mol. The van der Waals surface area contributed by atoms with Crippen LogP contribution in [0.25, 0.3) is 0 Å². The molecule has 1 N–H and O–H groups in total. The third-order valence-electron chi connectivity index (χ3n) is 5.83. The minimum atomic E-state index is -0.586. The molecule has 0 saturated carbocycles. The highest BCUT2D eigenvalue weighted by Crippen LogP contribution is 2.38. The van der Waals surface area contributed by atoms with Gasteiger partial charge in [-0.25, -0.2) is 4.79 Å². The largest absolute Gasteiger partial charge is 0.497 e. The van der Waals surface area contributed by atoms with Crippen LogP contribution in [-0.4, -0.2) is 55.6 Å². The number of benzene rings is 2. The van der Waals surface area contributed by atoms with Crippen LogP contribution in [0.15, 0.2) is 72.5 Å². The van der Waals surface area contributed by atoms with Crippen LogP contribution in [0.4, 0.5) is 4.79 Å². The van der Waals surface area contributed by atoms with Crippen LogP contribution >= 0.6 is 0 Å². The van der Waals surface area contributed by atoms with Gasteiger partial charge in [0, 0.05) is 19.2 Å². The van der Waals surface area contributed by atoms with E-state index in [1.807, 2.05) is 42.5 Å². The summed E-state index contributed by atoms with van der Waals surface area (Å²) in [6, 6.07) is 14.6. The molecule has 7 nitrogen and oxygen atoms in total. The van der Waals surface area contributed by atoms with Gasteiger partial charge >= 0.3 is 6.03 Å². The Labute approximate surface area is 187 Å². The van der Waals surface area contributed by atoms with Crippen LogP contribution in [0.5, 0.6) is 11.5 Å². The molecule has 3 amide bonds. The normalized spacial score (nSPS) is 17.9. The number of hydrogen-bond acceptors (Lipinski definition) is 4. The fraction of sp³-hybridized carbons (Fsp3) is 0.280. The Hall–Kier alpha value is -3.74. The molecule has 0 radical (unpaired) electrons. The zero-order valence-electron chi connectivity index (χ0n) is 18.3. The predicted molar refractivity (Wildman–Crippen MR) is 121 cm³/mol. The van der Waals surface area contributed by atoms with Crippen molar-refractivity contribution in [3.05, 3.63) is 83.6 Å². The number of urea groups is 1. The summed E-state index contributed by atoms with van der Waals surface area (Å²) in [5, 5.41) is 2.99. The molecule has 0 aromatic heterocycles. The smallest absolute Gasteiger partial charge is 0.322 e. The van der Waals surface area contributed by atoms with Gasteiger partial charge in [0.25, 0.3) is 5.91 Å². The van der Waals surface area contributed by atoms with Crippen molar-refractivity contribution in [2.75, 3.05) is 33.9 Å². The zero-order chi connectivity index (χ0) is 22.7. The van der Waals surface area contributed by atoms with Gasteiger partial charge in [-0.1, -0.05) is 36.4 Å². The highest BCUT2D eigenvalue weighted by atomic mass is 16.5. The number of hydrogen-bond donors (Lipinski definition) is 1. The summed E-state index contributed by atoms with van der Waals surface area (Å²) < 4.78 is 10.8. The molecule has 0 unspecified atom stereocenters. The molecule has 2 aliphatic heterocycles. The molecule has 7 heteroatoms. The second kappa shape index (κ2) is 9.18. The van der Waals surface area contributed by atoms with Crippen molar-refractivity contribution in [3.8, 4) is 11.5 Å². The van der Waals surface area contributed by atoms with Crippen LogP contribution in [-0.2, 0) is 11.2 Å². The highest BCUT2D eigenvalue weighted by Gasteiger charge is 2.43. The number of carbonyl (C=O) groups is 2. The number of nitrogens with zero attached hydrogens (tertiary/aromatic N) is 2. The molecule has 4 rings (SSSR count). The lowest BCUT2D eigenvalue weighted by Gasteiger charge is -2.33. The molecular weight excluding hydrogens is 406 g/mol. The van der Waals surface area contributed by atoms with Gasteiger partial charge in [-0.2, -0.15) is 0 Å². The van der Waals surface area contributed by atoms with E-state index in [0.29, 0.717) is 36.7 Å². The van der Waals surface area contributed by atoms with Crippen molar-refractivity contribution >= 4 is 11.9 Å². The van der Waals surface area contributed by atoms with Crippen LogP contribution < -0.4 is 14.8 Å². The first kappa shape index (κ1) is 21.5. The van der Waals surface area contributed by atoms with Gasteiger partial charge in [-0.3, -0.25) is 9.69 Å². The minimum absolute atomic E-state index is 0.0724. The Balaban J connectivity index is 1.68. The molecule has 2 aromatic carbocycles. The lowest BCUT2D eigenvalue weighted by Crippen LogP contribution is -2.47. The fourth-order valence-electron chi connectivity index (χ4n) is 4.21. The van der Waals surface area contributed by atoms with E-state index < -0.39 is 6.04 Å². The summed E-state index contributed by atoms with van der Waals surface area (Å²) in [5.41, 5.74) is 3.20. The molecule has 32 heavy (non-hydrogen) atoms. The van der Waals surface area contributed by atoms with Gasteiger partial charge in [0.2, 0.25) is 0 Å².